The van der Waals surface area contributed by atoms with Crippen LogP contribution in [0.4, 0.5) is 0 Å². The largest absolute Gasteiger partial charge is 1.00 e. The first-order valence-corrected chi connectivity index (χ1v) is 9.90. The van der Waals surface area contributed by atoms with Crippen molar-refractivity contribution in [1.82, 2.24) is 0 Å². The standard InChI is InChI=1S/C19H24O5S.Na/c1-2-3-4-5-6-9-15-10-7-11-16(14-15)24-18-13-8-12-17(20)19(18)25(21,22)23;/h7-8,10-14,20H,2-6,9H2,1H3,(H,21,22,23);/q;+1/p-1. The van der Waals surface area contributed by atoms with Crippen molar-refractivity contribution in [2.45, 2.75) is 50.3 Å². The number of hydrogen-bond acceptors (Lipinski definition) is 4. The molecule has 0 saturated carbocycles. The summed E-state index contributed by atoms with van der Waals surface area (Å²) in [4.78, 5) is -0.736. The van der Waals surface area contributed by atoms with Gasteiger partial charge in [-0.05, 0) is 36.6 Å². The van der Waals surface area contributed by atoms with Crippen molar-refractivity contribution in [3.63, 3.8) is 0 Å². The molecule has 2 rings (SSSR count). The van der Waals surface area contributed by atoms with Gasteiger partial charge in [-0.25, -0.2) is 0 Å². The van der Waals surface area contributed by atoms with Crippen LogP contribution in [-0.4, -0.2) is 13.0 Å². The molecular weight excluding hydrogens is 363 g/mol. The summed E-state index contributed by atoms with van der Waals surface area (Å²) in [6.45, 7) is 2.18. The fourth-order valence-electron chi connectivity index (χ4n) is 2.65. The van der Waals surface area contributed by atoms with Crippen molar-refractivity contribution in [2.75, 3.05) is 0 Å². The summed E-state index contributed by atoms with van der Waals surface area (Å²) in [5.41, 5.74) is 1.08. The zero-order valence-electron chi connectivity index (χ0n) is 15.3. The van der Waals surface area contributed by atoms with Crippen LogP contribution < -0.4 is 39.4 Å². The van der Waals surface area contributed by atoms with Crippen LogP contribution in [-0.2, 0) is 16.5 Å². The molecule has 0 aliphatic carbocycles. The van der Waals surface area contributed by atoms with Gasteiger partial charge in [0.15, 0.2) is 0 Å². The molecule has 0 radical (unpaired) electrons. The predicted molar refractivity (Wildman–Crippen MR) is 94.7 cm³/mol. The van der Waals surface area contributed by atoms with Gasteiger partial charge in [-0.3, -0.25) is 4.55 Å². The molecule has 2 aromatic carbocycles. The van der Waals surface area contributed by atoms with Crippen LogP contribution in [0, 0.1) is 0 Å². The van der Waals surface area contributed by atoms with E-state index in [-0.39, 0.29) is 35.3 Å². The van der Waals surface area contributed by atoms with Gasteiger partial charge in [-0.2, -0.15) is 8.42 Å². The van der Waals surface area contributed by atoms with E-state index in [4.69, 9.17) is 4.74 Å². The van der Waals surface area contributed by atoms with E-state index in [0.29, 0.717) is 5.75 Å². The summed E-state index contributed by atoms with van der Waals surface area (Å²) in [5, 5.41) is 11.8. The molecule has 136 valence electrons. The van der Waals surface area contributed by atoms with Gasteiger partial charge in [0.05, 0.1) is 0 Å². The second-order valence-electron chi connectivity index (χ2n) is 5.97. The van der Waals surface area contributed by atoms with E-state index in [1.54, 1.807) is 6.07 Å². The van der Waals surface area contributed by atoms with E-state index in [2.05, 4.69) is 6.92 Å². The third-order valence-corrected chi connectivity index (χ3v) is 4.81. The van der Waals surface area contributed by atoms with Gasteiger partial charge in [0.25, 0.3) is 10.1 Å². The maximum Gasteiger partial charge on any atom is 1.00 e. The van der Waals surface area contributed by atoms with Gasteiger partial charge in [0.1, 0.15) is 16.4 Å². The van der Waals surface area contributed by atoms with E-state index in [1.807, 2.05) is 18.2 Å². The summed E-state index contributed by atoms with van der Waals surface area (Å²) >= 11 is 0. The van der Waals surface area contributed by atoms with Gasteiger partial charge in [0.2, 0.25) is 0 Å². The Hall–Kier alpha value is -1.05. The number of hydrogen-bond donors (Lipinski definition) is 1. The molecule has 0 bridgehead atoms. The fourth-order valence-corrected chi connectivity index (χ4v) is 3.34. The average molecular weight is 386 g/mol. The molecule has 0 spiro atoms. The molecule has 0 unspecified atom stereocenters. The Kier molecular flexibility index (Phi) is 9.68. The molecule has 0 amide bonds. The first kappa shape index (κ1) is 23.0. The summed E-state index contributed by atoms with van der Waals surface area (Å²) in [5.74, 6) is -0.538. The molecule has 1 N–H and O–H groups in total. The van der Waals surface area contributed by atoms with E-state index in [0.717, 1.165) is 24.5 Å². The molecule has 0 heterocycles. The number of rotatable bonds is 9. The third kappa shape index (κ3) is 6.93. The molecule has 0 fully saturated rings. The van der Waals surface area contributed by atoms with Crippen molar-refractivity contribution in [3.05, 3.63) is 48.0 Å². The topological polar surface area (TPSA) is 86.7 Å². The van der Waals surface area contributed by atoms with Gasteiger partial charge in [-0.15, -0.1) is 0 Å². The number of ether oxygens (including phenoxy) is 1. The van der Waals surface area contributed by atoms with Crippen molar-refractivity contribution in [1.29, 1.82) is 0 Å². The van der Waals surface area contributed by atoms with E-state index < -0.39 is 20.8 Å². The molecule has 0 aliphatic rings. The molecule has 0 atom stereocenters. The zero-order valence-corrected chi connectivity index (χ0v) is 18.1. The van der Waals surface area contributed by atoms with Crippen LogP contribution in [0.25, 0.3) is 0 Å². The molecule has 0 saturated heterocycles. The summed E-state index contributed by atoms with van der Waals surface area (Å²) < 4.78 is 37.7. The normalized spacial score (nSPS) is 11.0. The third-order valence-electron chi connectivity index (χ3n) is 3.90. The Morgan fingerprint density at radius 3 is 2.42 bits per heavy atom. The van der Waals surface area contributed by atoms with Crippen LogP contribution in [0.3, 0.4) is 0 Å². The van der Waals surface area contributed by atoms with Gasteiger partial charge < -0.3 is 9.84 Å². The molecular formula is C19H23NaO5S. The van der Waals surface area contributed by atoms with Crippen LogP contribution in [0.15, 0.2) is 47.4 Å². The summed E-state index contributed by atoms with van der Waals surface area (Å²) in [6, 6.07) is 11.1. The minimum Gasteiger partial charge on any atom is -0.871 e. The summed E-state index contributed by atoms with van der Waals surface area (Å²) in [6.07, 6.45) is 6.83. The van der Waals surface area contributed by atoms with Crippen molar-refractivity contribution >= 4 is 10.1 Å². The van der Waals surface area contributed by atoms with Crippen LogP contribution in [0.5, 0.6) is 17.2 Å². The Bertz CT molecular complexity index is 805. The SMILES string of the molecule is CCCCCCCc1cccc(Oc2cccc([O-])c2S(=O)(=O)O)c1.[Na+]. The van der Waals surface area contributed by atoms with E-state index in [1.165, 1.54) is 37.8 Å². The molecule has 0 aliphatic heterocycles. The fraction of sp³-hybridized carbons (Fsp3) is 0.368. The van der Waals surface area contributed by atoms with Crippen molar-refractivity contribution in [3.8, 4) is 17.2 Å². The number of aryl methyl sites for hydroxylation is 1. The van der Waals surface area contributed by atoms with Crippen LogP contribution in [0.1, 0.15) is 44.6 Å². The second-order valence-corrected chi connectivity index (χ2v) is 7.33. The first-order valence-electron chi connectivity index (χ1n) is 8.46. The quantitative estimate of drug-likeness (QED) is 0.399. The Balaban J connectivity index is 0.00000338. The number of unbranched alkanes of at least 4 members (excludes halogenated alkanes) is 4. The second kappa shape index (κ2) is 10.9. The van der Waals surface area contributed by atoms with Gasteiger partial charge in [0, 0.05) is 0 Å². The minimum atomic E-state index is -4.65. The van der Waals surface area contributed by atoms with Gasteiger partial charge in [-0.1, -0.05) is 62.6 Å². The van der Waals surface area contributed by atoms with Crippen LogP contribution >= 0.6 is 0 Å². The Labute approximate surface area is 177 Å². The monoisotopic (exact) mass is 386 g/mol. The molecule has 0 aromatic heterocycles. The smallest absolute Gasteiger partial charge is 0.871 e. The first-order chi connectivity index (χ1) is 11.9. The molecule has 2 aromatic rings. The summed E-state index contributed by atoms with van der Waals surface area (Å²) in [7, 11) is -4.65. The van der Waals surface area contributed by atoms with Crippen molar-refractivity contribution in [2.24, 2.45) is 0 Å². The minimum absolute atomic E-state index is 0. The molecule has 5 nitrogen and oxygen atoms in total. The molecule has 7 heteroatoms. The van der Waals surface area contributed by atoms with E-state index in [9.17, 15) is 18.1 Å². The maximum atomic E-state index is 11.8. The molecule has 26 heavy (non-hydrogen) atoms. The van der Waals surface area contributed by atoms with Crippen LogP contribution in [0.2, 0.25) is 0 Å². The van der Waals surface area contributed by atoms with Gasteiger partial charge >= 0.3 is 29.6 Å². The number of benzene rings is 2. The zero-order chi connectivity index (χ0) is 18.3. The Morgan fingerprint density at radius 1 is 1.04 bits per heavy atom. The van der Waals surface area contributed by atoms with Crippen molar-refractivity contribution < 1.29 is 52.4 Å². The van der Waals surface area contributed by atoms with E-state index >= 15 is 0 Å². The Morgan fingerprint density at radius 2 is 1.73 bits per heavy atom. The maximum absolute atomic E-state index is 11.8. The predicted octanol–water partition coefficient (Wildman–Crippen LogP) is 1.32. The average Bonchev–Trinajstić information content (AvgIpc) is 2.54.